The molecule has 5 nitrogen and oxygen atoms in total. The van der Waals surface area contributed by atoms with E-state index >= 15 is 0 Å². The zero-order valence-electron chi connectivity index (χ0n) is 16.3. The number of rotatable bonds is 6. The van der Waals surface area contributed by atoms with Crippen molar-refractivity contribution in [3.63, 3.8) is 0 Å². The van der Waals surface area contributed by atoms with Crippen LogP contribution in [0.15, 0.2) is 89.9 Å². The van der Waals surface area contributed by atoms with Crippen molar-refractivity contribution in [2.45, 2.75) is 6.54 Å². The van der Waals surface area contributed by atoms with Crippen LogP contribution in [0.25, 0.3) is 11.3 Å². The molecule has 30 heavy (non-hydrogen) atoms. The van der Waals surface area contributed by atoms with Gasteiger partial charge in [-0.15, -0.1) is 0 Å². The van der Waals surface area contributed by atoms with Gasteiger partial charge in [0.15, 0.2) is 0 Å². The van der Waals surface area contributed by atoms with Gasteiger partial charge >= 0.3 is 0 Å². The molecule has 0 aliphatic rings. The molecule has 0 spiro atoms. The summed E-state index contributed by atoms with van der Waals surface area (Å²) in [6.45, 7) is 0.382. The molecule has 0 unspecified atom stereocenters. The number of nitrogens with zero attached hydrogens (tertiary/aromatic N) is 2. The van der Waals surface area contributed by atoms with Gasteiger partial charge in [0.25, 0.3) is 5.56 Å². The van der Waals surface area contributed by atoms with Gasteiger partial charge in [0.1, 0.15) is 28.1 Å². The fourth-order valence-corrected chi connectivity index (χ4v) is 3.25. The summed E-state index contributed by atoms with van der Waals surface area (Å²) in [5.41, 5.74) is 1.71. The second kappa shape index (κ2) is 8.84. The van der Waals surface area contributed by atoms with Gasteiger partial charge in [-0.25, -0.2) is 4.98 Å². The standard InChI is InChI=1S/C24H19ClN2O3/c1-29-19-11-7-17(8-12-19)15-27-16-22(25)26-23(24(27)28)18-9-13-21(14-10-18)30-20-5-3-2-4-6-20/h2-14,16H,15H2,1H3. The van der Waals surface area contributed by atoms with Crippen molar-refractivity contribution in [2.24, 2.45) is 0 Å². The van der Waals surface area contributed by atoms with Crippen molar-refractivity contribution in [1.82, 2.24) is 9.55 Å². The Morgan fingerprint density at radius 2 is 1.50 bits per heavy atom. The molecule has 0 radical (unpaired) electrons. The highest BCUT2D eigenvalue weighted by Gasteiger charge is 2.11. The van der Waals surface area contributed by atoms with Gasteiger partial charge in [-0.3, -0.25) is 4.79 Å². The molecule has 3 aromatic carbocycles. The molecule has 0 bridgehead atoms. The fraction of sp³-hybridized carbons (Fsp3) is 0.0833. The molecule has 1 heterocycles. The number of hydrogen-bond acceptors (Lipinski definition) is 4. The summed E-state index contributed by atoms with van der Waals surface area (Å²) in [7, 11) is 1.62. The third-order valence-corrected chi connectivity index (χ3v) is 4.75. The van der Waals surface area contributed by atoms with E-state index in [4.69, 9.17) is 21.1 Å². The van der Waals surface area contributed by atoms with Gasteiger partial charge < -0.3 is 14.0 Å². The predicted octanol–water partition coefficient (Wildman–Crippen LogP) is 5.41. The van der Waals surface area contributed by atoms with Crippen LogP contribution < -0.4 is 15.0 Å². The average Bonchev–Trinajstić information content (AvgIpc) is 2.78. The third kappa shape index (κ3) is 4.53. The highest BCUT2D eigenvalue weighted by Crippen LogP contribution is 2.24. The van der Waals surface area contributed by atoms with Gasteiger partial charge in [-0.05, 0) is 54.1 Å². The van der Waals surface area contributed by atoms with Crippen molar-refractivity contribution >= 4 is 11.6 Å². The molecular weight excluding hydrogens is 400 g/mol. The van der Waals surface area contributed by atoms with Crippen LogP contribution in [0.4, 0.5) is 0 Å². The number of methoxy groups -OCH3 is 1. The minimum absolute atomic E-state index is 0.216. The van der Waals surface area contributed by atoms with Crippen LogP contribution >= 0.6 is 11.6 Å². The van der Waals surface area contributed by atoms with Gasteiger partial charge in [0, 0.05) is 11.8 Å². The van der Waals surface area contributed by atoms with Crippen LogP contribution in [-0.2, 0) is 6.54 Å². The monoisotopic (exact) mass is 418 g/mol. The Kier molecular flexibility index (Phi) is 5.82. The minimum atomic E-state index is -0.216. The Labute approximate surface area is 179 Å². The van der Waals surface area contributed by atoms with Crippen molar-refractivity contribution < 1.29 is 9.47 Å². The zero-order valence-corrected chi connectivity index (χ0v) is 17.0. The summed E-state index contributed by atoms with van der Waals surface area (Å²) in [4.78, 5) is 17.3. The highest BCUT2D eigenvalue weighted by molar-refractivity contribution is 6.29. The van der Waals surface area contributed by atoms with Crippen molar-refractivity contribution in [3.05, 3.63) is 106 Å². The Hall–Kier alpha value is -3.57. The van der Waals surface area contributed by atoms with E-state index in [2.05, 4.69) is 4.98 Å². The molecule has 0 aliphatic heterocycles. The van der Waals surface area contributed by atoms with E-state index in [1.807, 2.05) is 54.6 Å². The lowest BCUT2D eigenvalue weighted by molar-refractivity contribution is 0.414. The zero-order chi connectivity index (χ0) is 20.9. The summed E-state index contributed by atoms with van der Waals surface area (Å²) in [5.74, 6) is 2.18. The second-order valence-corrected chi connectivity index (χ2v) is 7.02. The van der Waals surface area contributed by atoms with E-state index < -0.39 is 0 Å². The minimum Gasteiger partial charge on any atom is -0.497 e. The Bertz CT molecular complexity index is 1190. The van der Waals surface area contributed by atoms with E-state index in [1.165, 1.54) is 0 Å². The van der Waals surface area contributed by atoms with Gasteiger partial charge in [-0.2, -0.15) is 0 Å². The Morgan fingerprint density at radius 3 is 2.17 bits per heavy atom. The molecule has 0 amide bonds. The number of hydrogen-bond donors (Lipinski definition) is 0. The number of halogens is 1. The molecule has 6 heteroatoms. The van der Waals surface area contributed by atoms with E-state index in [0.717, 1.165) is 17.1 Å². The summed E-state index contributed by atoms with van der Waals surface area (Å²) >= 11 is 6.21. The van der Waals surface area contributed by atoms with E-state index in [9.17, 15) is 4.79 Å². The molecule has 4 rings (SSSR count). The summed E-state index contributed by atoms with van der Waals surface area (Å²) in [6, 6.07) is 24.2. The molecule has 4 aromatic rings. The maximum Gasteiger partial charge on any atom is 0.277 e. The van der Waals surface area contributed by atoms with E-state index in [1.54, 1.807) is 42.1 Å². The molecule has 1 aromatic heterocycles. The maximum atomic E-state index is 13.0. The molecule has 0 N–H and O–H groups in total. The molecule has 150 valence electrons. The fourth-order valence-electron chi connectivity index (χ4n) is 3.05. The Morgan fingerprint density at radius 1 is 0.867 bits per heavy atom. The highest BCUT2D eigenvalue weighted by atomic mass is 35.5. The van der Waals surface area contributed by atoms with E-state index in [-0.39, 0.29) is 10.7 Å². The number of benzene rings is 3. The lowest BCUT2D eigenvalue weighted by Crippen LogP contribution is -2.23. The smallest absolute Gasteiger partial charge is 0.277 e. The van der Waals surface area contributed by atoms with Gasteiger partial charge in [-0.1, -0.05) is 41.9 Å². The van der Waals surface area contributed by atoms with Crippen molar-refractivity contribution in [2.75, 3.05) is 7.11 Å². The SMILES string of the molecule is COc1ccc(Cn2cc(Cl)nc(-c3ccc(Oc4ccccc4)cc3)c2=O)cc1. The van der Waals surface area contributed by atoms with Crippen molar-refractivity contribution in [1.29, 1.82) is 0 Å². The van der Waals surface area contributed by atoms with Crippen LogP contribution in [-0.4, -0.2) is 16.7 Å². The maximum absolute atomic E-state index is 13.0. The lowest BCUT2D eigenvalue weighted by Gasteiger charge is -2.10. The number of para-hydroxylation sites is 1. The molecular formula is C24H19ClN2O3. The summed E-state index contributed by atoms with van der Waals surface area (Å²) in [6.07, 6.45) is 1.55. The van der Waals surface area contributed by atoms with Crippen LogP contribution in [0.1, 0.15) is 5.56 Å². The van der Waals surface area contributed by atoms with Gasteiger partial charge in [0.05, 0.1) is 13.7 Å². The van der Waals surface area contributed by atoms with Crippen LogP contribution in [0.3, 0.4) is 0 Å². The first-order chi connectivity index (χ1) is 14.6. The molecule has 0 saturated heterocycles. The lowest BCUT2D eigenvalue weighted by atomic mass is 10.1. The summed E-state index contributed by atoms with van der Waals surface area (Å²) < 4.78 is 12.5. The number of ether oxygens (including phenoxy) is 2. The first-order valence-electron chi connectivity index (χ1n) is 9.35. The first kappa shape index (κ1) is 19.7. The average molecular weight is 419 g/mol. The van der Waals surface area contributed by atoms with Crippen LogP contribution in [0.5, 0.6) is 17.2 Å². The van der Waals surface area contributed by atoms with Crippen LogP contribution in [0.2, 0.25) is 5.15 Å². The van der Waals surface area contributed by atoms with E-state index in [0.29, 0.717) is 23.6 Å². The molecule has 0 fully saturated rings. The summed E-state index contributed by atoms with van der Waals surface area (Å²) in [5, 5.41) is 0.253. The van der Waals surface area contributed by atoms with Crippen molar-refractivity contribution in [3.8, 4) is 28.5 Å². The molecule has 0 saturated carbocycles. The first-order valence-corrected chi connectivity index (χ1v) is 9.73. The topological polar surface area (TPSA) is 53.4 Å². The molecule has 0 atom stereocenters. The Balaban J connectivity index is 1.60. The quantitative estimate of drug-likeness (QED) is 0.420. The largest absolute Gasteiger partial charge is 0.497 e. The number of aromatic nitrogens is 2. The normalized spacial score (nSPS) is 10.6. The van der Waals surface area contributed by atoms with Crippen LogP contribution in [0, 0.1) is 0 Å². The van der Waals surface area contributed by atoms with Gasteiger partial charge in [0.2, 0.25) is 0 Å². The second-order valence-electron chi connectivity index (χ2n) is 6.63. The third-order valence-electron chi connectivity index (χ3n) is 4.56. The molecule has 0 aliphatic carbocycles. The predicted molar refractivity (Wildman–Crippen MR) is 118 cm³/mol.